The van der Waals surface area contributed by atoms with E-state index in [1.165, 1.54) is 11.4 Å². The molecule has 0 spiro atoms. The molecule has 9 heteroatoms. The summed E-state index contributed by atoms with van der Waals surface area (Å²) in [6.45, 7) is 12.9. The van der Waals surface area contributed by atoms with Crippen LogP contribution in [0.3, 0.4) is 0 Å². The molecule has 0 unspecified atom stereocenters. The summed E-state index contributed by atoms with van der Waals surface area (Å²) in [5.41, 5.74) is 2.78. The monoisotopic (exact) mass is 403 g/mol. The Morgan fingerprint density at radius 2 is 1.04 bits per heavy atom. The Hall–Kier alpha value is -0.816. The van der Waals surface area contributed by atoms with Crippen molar-refractivity contribution in [1.29, 1.82) is 0 Å². The molecule has 0 amide bonds. The van der Waals surface area contributed by atoms with Gasteiger partial charge in [-0.1, -0.05) is 41.5 Å². The average Bonchev–Trinajstić information content (AvgIpc) is 3.03. The van der Waals surface area contributed by atoms with Crippen LogP contribution in [-0.2, 0) is 34.4 Å². The molecule has 0 bridgehead atoms. The number of aromatic nitrogens is 4. The summed E-state index contributed by atoms with van der Waals surface area (Å²) in [6, 6.07) is 4.00. The quantitative estimate of drug-likeness (QED) is 0.694. The van der Waals surface area contributed by atoms with Gasteiger partial charge in [-0.25, -0.2) is 0 Å². The van der Waals surface area contributed by atoms with E-state index >= 15 is 0 Å². The van der Waals surface area contributed by atoms with Gasteiger partial charge in [-0.05, 0) is 12.1 Å². The molecule has 0 saturated carbocycles. The first-order valence-corrected chi connectivity index (χ1v) is 7.71. The van der Waals surface area contributed by atoms with Crippen molar-refractivity contribution in [1.82, 2.24) is 20.4 Å². The van der Waals surface area contributed by atoms with Gasteiger partial charge >= 0.3 is 23.5 Å². The zero-order valence-electron chi connectivity index (χ0n) is 14.3. The van der Waals surface area contributed by atoms with Gasteiger partial charge < -0.3 is 0 Å². The standard InChI is InChI=1S/2C7H12N2.2ClH.2O.V/c2*1-7(2,3)6-4-5-8-9-6;;;;;/h2*4-5H,1-3H3,(H,8,9);2*1H;;;. The van der Waals surface area contributed by atoms with Crippen LogP contribution in [0.1, 0.15) is 52.9 Å². The van der Waals surface area contributed by atoms with Gasteiger partial charge in [-0.3, -0.25) is 10.2 Å². The number of hydrogen-bond donors (Lipinski definition) is 2. The van der Waals surface area contributed by atoms with Gasteiger partial charge in [0.15, 0.2) is 0 Å². The number of nitrogens with one attached hydrogen (secondary N) is 2. The van der Waals surface area contributed by atoms with Crippen LogP contribution in [0.2, 0.25) is 0 Å². The maximum absolute atomic E-state index is 8.47. The van der Waals surface area contributed by atoms with Crippen LogP contribution >= 0.6 is 24.8 Å². The van der Waals surface area contributed by atoms with Gasteiger partial charge in [-0.15, -0.1) is 24.8 Å². The van der Waals surface area contributed by atoms with Crippen LogP contribution in [0.15, 0.2) is 24.5 Å². The second-order valence-electron chi connectivity index (χ2n) is 6.52. The van der Waals surface area contributed by atoms with E-state index in [2.05, 4.69) is 61.9 Å². The molecule has 2 aromatic rings. The van der Waals surface area contributed by atoms with Crippen molar-refractivity contribution < 1.29 is 23.5 Å². The van der Waals surface area contributed by atoms with Crippen molar-refractivity contribution in [3.63, 3.8) is 0 Å². The Bertz CT molecular complexity index is 482. The molecule has 0 aliphatic heterocycles. The molecule has 0 aromatic carbocycles. The van der Waals surface area contributed by atoms with Gasteiger partial charge in [0.1, 0.15) is 0 Å². The predicted molar refractivity (Wildman–Crippen MR) is 90.4 cm³/mol. The van der Waals surface area contributed by atoms with Crippen molar-refractivity contribution in [3.8, 4) is 0 Å². The number of halogens is 2. The van der Waals surface area contributed by atoms with Gasteiger partial charge in [0.05, 0.1) is 0 Å². The van der Waals surface area contributed by atoms with E-state index in [1.807, 2.05) is 12.1 Å². The molecule has 6 nitrogen and oxygen atoms in total. The molecule has 2 N–H and O–H groups in total. The first-order chi connectivity index (χ1) is 9.62. The van der Waals surface area contributed by atoms with E-state index in [0.29, 0.717) is 0 Å². The van der Waals surface area contributed by atoms with E-state index in [-0.39, 0.29) is 35.6 Å². The summed E-state index contributed by atoms with van der Waals surface area (Å²) >= 11 is -1.81. The Labute approximate surface area is 157 Å². The normalized spacial score (nSPS) is 9.65. The number of rotatable bonds is 0. The van der Waals surface area contributed by atoms with E-state index in [9.17, 15) is 0 Å². The Kier molecular flexibility index (Phi) is 14.8. The van der Waals surface area contributed by atoms with Crippen LogP contribution in [-0.4, -0.2) is 20.4 Å². The zero-order valence-corrected chi connectivity index (χ0v) is 17.3. The Balaban J connectivity index is -0.000000277. The SMILES string of the molecule is CC(C)(C)c1ccn[nH]1.CC(C)(C)c1ccn[nH]1.Cl.Cl.[O]=[V]=[O]. The van der Waals surface area contributed by atoms with Gasteiger partial charge in [-0.2, -0.15) is 10.2 Å². The summed E-state index contributed by atoms with van der Waals surface area (Å²) in [5.74, 6) is 0. The summed E-state index contributed by atoms with van der Waals surface area (Å²) < 4.78 is 16.9. The minimum absolute atomic E-state index is 0. The van der Waals surface area contributed by atoms with Gasteiger partial charge in [0.25, 0.3) is 0 Å². The molecular formula is C14H26Cl2N4O2V. The van der Waals surface area contributed by atoms with Crippen LogP contribution in [0.25, 0.3) is 0 Å². The summed E-state index contributed by atoms with van der Waals surface area (Å²) in [5, 5.41) is 13.6. The average molecular weight is 404 g/mol. The molecule has 0 fully saturated rings. The Morgan fingerprint density at radius 1 is 0.783 bits per heavy atom. The molecule has 2 aromatic heterocycles. The number of hydrogen-bond acceptors (Lipinski definition) is 4. The van der Waals surface area contributed by atoms with Crippen molar-refractivity contribution in [3.05, 3.63) is 35.9 Å². The van der Waals surface area contributed by atoms with Gasteiger partial charge in [0.2, 0.25) is 0 Å². The van der Waals surface area contributed by atoms with Crippen molar-refractivity contribution in [2.45, 2.75) is 52.4 Å². The van der Waals surface area contributed by atoms with Crippen LogP contribution < -0.4 is 0 Å². The fourth-order valence-corrected chi connectivity index (χ4v) is 1.35. The van der Waals surface area contributed by atoms with Crippen LogP contribution in [0.4, 0.5) is 0 Å². The molecule has 0 atom stereocenters. The van der Waals surface area contributed by atoms with Crippen LogP contribution in [0.5, 0.6) is 0 Å². The summed E-state index contributed by atoms with van der Waals surface area (Å²) in [7, 11) is 0. The van der Waals surface area contributed by atoms with E-state index < -0.39 is 16.2 Å². The van der Waals surface area contributed by atoms with E-state index in [4.69, 9.17) is 7.35 Å². The third kappa shape index (κ3) is 12.3. The molecule has 23 heavy (non-hydrogen) atoms. The molecule has 0 radical (unpaired) electrons. The minimum atomic E-state index is -1.81. The predicted octanol–water partition coefficient (Wildman–Crippen LogP) is 4.02. The summed E-state index contributed by atoms with van der Waals surface area (Å²) in [4.78, 5) is 0. The molecule has 2 rings (SSSR count). The summed E-state index contributed by atoms with van der Waals surface area (Å²) in [6.07, 6.45) is 3.56. The van der Waals surface area contributed by atoms with Crippen LogP contribution in [0, 0.1) is 0 Å². The molecule has 2 heterocycles. The molecular weight excluding hydrogens is 378 g/mol. The first kappa shape index (κ1) is 27.1. The number of H-pyrrole nitrogens is 2. The third-order valence-corrected chi connectivity index (χ3v) is 2.62. The Morgan fingerprint density at radius 3 is 1.13 bits per heavy atom. The number of aromatic amines is 2. The molecule has 133 valence electrons. The topological polar surface area (TPSA) is 91.5 Å². The second kappa shape index (κ2) is 12.6. The fourth-order valence-electron chi connectivity index (χ4n) is 1.35. The fraction of sp³-hybridized carbons (Fsp3) is 0.571. The first-order valence-electron chi connectivity index (χ1n) is 6.57. The number of nitrogens with zero attached hydrogens (tertiary/aromatic N) is 2. The maximum atomic E-state index is 8.47. The van der Waals surface area contributed by atoms with Crippen molar-refractivity contribution in [2.24, 2.45) is 0 Å². The van der Waals surface area contributed by atoms with Gasteiger partial charge in [0, 0.05) is 34.6 Å². The third-order valence-electron chi connectivity index (χ3n) is 2.62. The zero-order chi connectivity index (χ0) is 16.5. The van der Waals surface area contributed by atoms with E-state index in [0.717, 1.165) is 0 Å². The molecule has 0 saturated heterocycles. The molecule has 0 aliphatic rings. The second-order valence-corrected chi connectivity index (χ2v) is 6.75. The molecule has 0 aliphatic carbocycles. The van der Waals surface area contributed by atoms with Crippen molar-refractivity contribution >= 4 is 24.8 Å². The van der Waals surface area contributed by atoms with E-state index in [1.54, 1.807) is 12.4 Å². The van der Waals surface area contributed by atoms with Crippen molar-refractivity contribution in [2.75, 3.05) is 0 Å².